The van der Waals surface area contributed by atoms with Crippen molar-refractivity contribution in [1.82, 2.24) is 25.9 Å². The number of benzene rings is 2. The highest BCUT2D eigenvalue weighted by molar-refractivity contribution is 6.52. The van der Waals surface area contributed by atoms with Gasteiger partial charge in [-0.3, -0.25) is 24.2 Å². The van der Waals surface area contributed by atoms with Gasteiger partial charge in [-0.15, -0.1) is 0 Å². The van der Waals surface area contributed by atoms with Gasteiger partial charge in [0.15, 0.2) is 0 Å². The SMILES string of the molecule is COC(=O)C12O[B-]([C@H](CC(C)C)NC(=O)[C@H](Cc3ccccc3)NC(=O)c3cnccn3)[N+]1(CCCCNC(=O)[C@H](C)c1ccc(CC(C)C)cc1)CC2=O. The Labute approximate surface area is 324 Å². The van der Waals surface area contributed by atoms with Gasteiger partial charge >= 0.3 is 13.0 Å². The second-order valence-corrected chi connectivity index (χ2v) is 15.6. The van der Waals surface area contributed by atoms with Crippen molar-refractivity contribution in [1.29, 1.82) is 0 Å². The van der Waals surface area contributed by atoms with Gasteiger partial charge in [-0.2, -0.15) is 0 Å². The average Bonchev–Trinajstić information content (AvgIpc) is 3.16. The van der Waals surface area contributed by atoms with Crippen LogP contribution < -0.4 is 16.0 Å². The third-order valence-corrected chi connectivity index (χ3v) is 10.6. The highest BCUT2D eigenvalue weighted by atomic mass is 16.6. The van der Waals surface area contributed by atoms with Crippen LogP contribution in [0.25, 0.3) is 0 Å². The van der Waals surface area contributed by atoms with Gasteiger partial charge in [0.05, 0.1) is 19.2 Å². The number of aromatic nitrogens is 2. The van der Waals surface area contributed by atoms with Gasteiger partial charge < -0.3 is 29.7 Å². The average molecular weight is 754 g/mol. The summed E-state index contributed by atoms with van der Waals surface area (Å²) in [6, 6.07) is 16.5. The third-order valence-electron chi connectivity index (χ3n) is 10.6. The summed E-state index contributed by atoms with van der Waals surface area (Å²) < 4.78 is 11.4. The van der Waals surface area contributed by atoms with E-state index in [4.69, 9.17) is 9.39 Å². The van der Waals surface area contributed by atoms with Gasteiger partial charge in [0, 0.05) is 31.9 Å². The molecule has 1 radical (unpaired) electrons. The van der Waals surface area contributed by atoms with Crippen molar-refractivity contribution in [2.75, 3.05) is 26.7 Å². The number of nitrogens with one attached hydrogen (secondary N) is 3. The minimum atomic E-state index is -1.80. The Bertz CT molecular complexity index is 1810. The van der Waals surface area contributed by atoms with Crippen LogP contribution in [0.3, 0.4) is 0 Å². The van der Waals surface area contributed by atoms with Gasteiger partial charge in [0.2, 0.25) is 11.8 Å². The number of rotatable bonds is 19. The Morgan fingerprint density at radius 1 is 0.891 bits per heavy atom. The zero-order chi connectivity index (χ0) is 39.8. The van der Waals surface area contributed by atoms with E-state index in [9.17, 15) is 24.0 Å². The van der Waals surface area contributed by atoms with Crippen molar-refractivity contribution >= 4 is 36.5 Å². The molecule has 0 spiro atoms. The minimum absolute atomic E-state index is 0.0153. The molecule has 0 aliphatic carbocycles. The molecule has 2 aliphatic heterocycles. The quantitative estimate of drug-likeness (QED) is 0.0719. The van der Waals surface area contributed by atoms with E-state index < -0.39 is 42.5 Å². The monoisotopic (exact) mass is 753 g/mol. The summed E-state index contributed by atoms with van der Waals surface area (Å²) in [5.41, 5.74) is 1.30. The Hall–Kier alpha value is -4.95. The topological polar surface area (TPSA) is 166 Å². The molecular weight excluding hydrogens is 699 g/mol. The van der Waals surface area contributed by atoms with Crippen LogP contribution in [0.1, 0.15) is 87.0 Å². The lowest BCUT2D eigenvalue weighted by Crippen LogP contribution is -3.00. The van der Waals surface area contributed by atoms with E-state index in [1.54, 1.807) is 0 Å². The number of carbonyl (C=O) groups is 5. The van der Waals surface area contributed by atoms with E-state index in [2.05, 4.69) is 51.9 Å². The molecule has 2 aliphatic rings. The first-order chi connectivity index (χ1) is 26.3. The molecule has 14 heteroatoms. The van der Waals surface area contributed by atoms with Gasteiger partial charge in [-0.25, -0.2) is 9.78 Å². The highest BCUT2D eigenvalue weighted by Gasteiger charge is 2.79. The Morgan fingerprint density at radius 2 is 1.60 bits per heavy atom. The maximum atomic E-state index is 14.2. The second kappa shape index (κ2) is 18.1. The van der Waals surface area contributed by atoms with E-state index in [0.29, 0.717) is 38.3 Å². The molecule has 5 atom stereocenters. The summed E-state index contributed by atoms with van der Waals surface area (Å²) in [5, 5.41) is 9.00. The van der Waals surface area contributed by atoms with Gasteiger partial charge in [0.1, 0.15) is 18.3 Å². The molecule has 2 aromatic carbocycles. The molecule has 293 valence electrons. The number of fused-ring (bicyclic) bond motifs is 1. The maximum Gasteiger partial charge on any atom is 0.398 e. The molecular formula is C41H54BN6O7. The van der Waals surface area contributed by atoms with Gasteiger partial charge in [-0.05, 0) is 60.7 Å². The minimum Gasteiger partial charge on any atom is -0.497 e. The van der Waals surface area contributed by atoms with E-state index >= 15 is 0 Å². The molecule has 3 heterocycles. The van der Waals surface area contributed by atoms with Crippen LogP contribution in [0.2, 0.25) is 0 Å². The van der Waals surface area contributed by atoms with Crippen LogP contribution in [-0.4, -0.2) is 95.3 Å². The number of quaternary nitrogens is 1. The fourth-order valence-corrected chi connectivity index (χ4v) is 7.76. The van der Waals surface area contributed by atoms with Crippen molar-refractivity contribution in [3.63, 3.8) is 0 Å². The molecule has 13 nitrogen and oxygen atoms in total. The molecule has 3 amide bonds. The molecule has 5 rings (SSSR count). The fourth-order valence-electron chi connectivity index (χ4n) is 7.76. The van der Waals surface area contributed by atoms with E-state index in [1.165, 1.54) is 31.3 Å². The Balaban J connectivity index is 1.28. The lowest BCUT2D eigenvalue weighted by Gasteiger charge is -2.78. The van der Waals surface area contributed by atoms with Crippen LogP contribution in [0, 0.1) is 11.8 Å². The van der Waals surface area contributed by atoms with Crippen LogP contribution in [0.5, 0.6) is 0 Å². The van der Waals surface area contributed by atoms with Crippen molar-refractivity contribution in [2.45, 2.75) is 90.3 Å². The second-order valence-electron chi connectivity index (χ2n) is 15.6. The Morgan fingerprint density at radius 3 is 2.22 bits per heavy atom. The number of carbonyl (C=O) groups excluding carboxylic acids is 5. The molecule has 2 fully saturated rings. The molecule has 3 aromatic rings. The summed E-state index contributed by atoms with van der Waals surface area (Å²) >= 11 is 0. The first-order valence-electron chi connectivity index (χ1n) is 19.3. The van der Waals surface area contributed by atoms with Crippen molar-refractivity contribution in [3.8, 4) is 0 Å². The summed E-state index contributed by atoms with van der Waals surface area (Å²) in [4.78, 5) is 74.9. The number of esters is 1. The number of hydrogen-bond acceptors (Lipinski definition) is 9. The number of hydrogen-bond donors (Lipinski definition) is 3. The number of ketones is 1. The predicted octanol–water partition coefficient (Wildman–Crippen LogP) is 3.57. The molecule has 2 saturated heterocycles. The lowest BCUT2D eigenvalue weighted by atomic mass is 9.53. The molecule has 0 saturated carbocycles. The molecule has 0 bridgehead atoms. The maximum absolute atomic E-state index is 14.2. The number of unbranched alkanes of at least 4 members (excludes halogenated alkanes) is 1. The summed E-state index contributed by atoms with van der Waals surface area (Å²) in [6.45, 7) is 11.1. The van der Waals surface area contributed by atoms with E-state index in [1.807, 2.05) is 63.2 Å². The number of Topliss-reactive ketones (excluding diaryl/α,β-unsaturated/α-hetero) is 1. The first kappa shape index (κ1) is 41.2. The number of amides is 3. The summed E-state index contributed by atoms with van der Waals surface area (Å²) in [6.07, 6.45) is 7.02. The van der Waals surface area contributed by atoms with Crippen LogP contribution in [0.4, 0.5) is 0 Å². The molecule has 3 N–H and O–H groups in total. The standard InChI is InChI=1S/C41H53BN6O7/c1-27(2)22-31-14-16-32(17-15-31)29(5)37(50)45-18-10-11-21-48-26-35(49)41(48,40(53)54-6)55-42(48)36(23-28(3)4)47-38(51)33(24-30-12-8-7-9-13-30)46-39(52)34-25-43-19-20-44-34/h7-9,12-17,19-20,25,27-29,33,36H,10-11,18,21-24,26H2,1-6H3,(H2-,45,46,47,50,51,52)/q-1/p+1/t29-,33+,36+,41?,48?/m1/s1. The van der Waals surface area contributed by atoms with Crippen molar-refractivity contribution in [3.05, 3.63) is 95.6 Å². The van der Waals surface area contributed by atoms with Gasteiger partial charge in [0.25, 0.3) is 17.4 Å². The lowest BCUT2D eigenvalue weighted by molar-refractivity contribution is -0.954. The normalized spacial score (nSPS) is 20.7. The van der Waals surface area contributed by atoms with Crippen LogP contribution in [0.15, 0.2) is 73.2 Å². The Kier molecular flexibility index (Phi) is 13.6. The zero-order valence-electron chi connectivity index (χ0n) is 32.7. The first-order valence-corrected chi connectivity index (χ1v) is 19.3. The van der Waals surface area contributed by atoms with E-state index in [-0.39, 0.29) is 46.6 Å². The summed E-state index contributed by atoms with van der Waals surface area (Å²) in [7, 11) is 0.494. The fraction of sp³-hybridized carbons (Fsp3) is 0.488. The number of ether oxygens (including phenoxy) is 1. The van der Waals surface area contributed by atoms with Gasteiger partial charge in [-0.1, -0.05) is 88.7 Å². The molecule has 55 heavy (non-hydrogen) atoms. The zero-order valence-corrected chi connectivity index (χ0v) is 32.7. The van der Waals surface area contributed by atoms with Crippen LogP contribution >= 0.6 is 0 Å². The van der Waals surface area contributed by atoms with Crippen molar-refractivity contribution < 1.29 is 37.8 Å². The number of methoxy groups -OCH3 is 1. The number of nitrogens with zero attached hydrogens (tertiary/aromatic N) is 3. The summed E-state index contributed by atoms with van der Waals surface area (Å²) in [5.74, 6) is -2.49. The third kappa shape index (κ3) is 9.13. The highest BCUT2D eigenvalue weighted by Crippen LogP contribution is 2.51. The molecule has 2 unspecified atom stereocenters. The van der Waals surface area contributed by atoms with E-state index in [0.717, 1.165) is 17.5 Å². The van der Waals surface area contributed by atoms with Crippen molar-refractivity contribution in [2.24, 2.45) is 11.8 Å². The largest absolute Gasteiger partial charge is 0.497 e. The van der Waals surface area contributed by atoms with Crippen LogP contribution in [-0.2, 0) is 41.4 Å². The predicted molar refractivity (Wildman–Crippen MR) is 207 cm³/mol. The molecule has 1 aromatic heterocycles. The smallest absolute Gasteiger partial charge is 0.398 e.